The maximum Gasteiger partial charge on any atom is 0.222 e. The number of nitrogens with one attached hydrogen (secondary N) is 1. The lowest BCUT2D eigenvalue weighted by atomic mass is 9.95. The highest BCUT2D eigenvalue weighted by Gasteiger charge is 2.27. The van der Waals surface area contributed by atoms with Gasteiger partial charge in [-0.15, -0.1) is 0 Å². The van der Waals surface area contributed by atoms with E-state index in [-0.39, 0.29) is 11.8 Å². The first kappa shape index (κ1) is 13.5. The van der Waals surface area contributed by atoms with E-state index in [0.29, 0.717) is 11.7 Å². The molecular weight excluding hydrogens is 228 g/mol. The summed E-state index contributed by atoms with van der Waals surface area (Å²) in [7, 11) is 1.71. The maximum atomic E-state index is 11.6. The Morgan fingerprint density at radius 1 is 1.33 bits per heavy atom. The van der Waals surface area contributed by atoms with E-state index >= 15 is 0 Å². The van der Waals surface area contributed by atoms with Crippen LogP contribution in [0.25, 0.3) is 0 Å². The number of carbonyl (C=O) groups excluding carboxylic acids is 2. The predicted octanol–water partition coefficient (Wildman–Crippen LogP) is 1.20. The predicted molar refractivity (Wildman–Crippen MR) is 70.2 cm³/mol. The van der Waals surface area contributed by atoms with E-state index in [1.165, 1.54) is 0 Å². The van der Waals surface area contributed by atoms with E-state index in [2.05, 4.69) is 10.2 Å². The summed E-state index contributed by atoms with van der Waals surface area (Å²) in [5.74, 6) is 1.16. The number of rotatable bonds is 4. The molecule has 1 amide bonds. The Balaban J connectivity index is 1.67. The molecule has 0 spiro atoms. The zero-order valence-electron chi connectivity index (χ0n) is 11.3. The van der Waals surface area contributed by atoms with Crippen LogP contribution in [0, 0.1) is 11.8 Å². The number of nitrogens with zero attached hydrogens (tertiary/aromatic N) is 1. The number of piperidine rings is 1. The summed E-state index contributed by atoms with van der Waals surface area (Å²) in [5, 5.41) is 2.73. The largest absolute Gasteiger partial charge is 0.359 e. The minimum atomic E-state index is 0.181. The summed E-state index contributed by atoms with van der Waals surface area (Å²) >= 11 is 0. The molecule has 0 bridgehead atoms. The van der Waals surface area contributed by atoms with Gasteiger partial charge in [-0.25, -0.2) is 0 Å². The van der Waals surface area contributed by atoms with Crippen molar-refractivity contribution in [3.63, 3.8) is 0 Å². The van der Waals surface area contributed by atoms with Crippen LogP contribution in [0.1, 0.15) is 38.5 Å². The molecule has 0 aromatic rings. The van der Waals surface area contributed by atoms with Crippen molar-refractivity contribution in [2.75, 3.05) is 26.7 Å². The highest BCUT2D eigenvalue weighted by Crippen LogP contribution is 2.25. The Morgan fingerprint density at radius 3 is 2.61 bits per heavy atom. The molecule has 0 radical (unpaired) electrons. The fourth-order valence-corrected chi connectivity index (χ4v) is 3.15. The van der Waals surface area contributed by atoms with Crippen molar-refractivity contribution in [1.82, 2.24) is 10.2 Å². The fourth-order valence-electron chi connectivity index (χ4n) is 3.15. The van der Waals surface area contributed by atoms with E-state index in [9.17, 15) is 9.59 Å². The minimum absolute atomic E-state index is 0.181. The number of likely N-dealkylation sites (tertiary alicyclic amines) is 1. The van der Waals surface area contributed by atoms with Crippen molar-refractivity contribution in [2.24, 2.45) is 11.8 Å². The first-order valence-corrected chi connectivity index (χ1v) is 7.17. The Morgan fingerprint density at radius 2 is 2.06 bits per heavy atom. The highest BCUT2D eigenvalue weighted by molar-refractivity contribution is 5.82. The average molecular weight is 252 g/mol. The molecule has 18 heavy (non-hydrogen) atoms. The Hall–Kier alpha value is -0.900. The third-order valence-electron chi connectivity index (χ3n) is 4.43. The van der Waals surface area contributed by atoms with Gasteiger partial charge >= 0.3 is 0 Å². The summed E-state index contributed by atoms with van der Waals surface area (Å²) in [6, 6.07) is 0. The van der Waals surface area contributed by atoms with E-state index < -0.39 is 0 Å². The number of amides is 1. The van der Waals surface area contributed by atoms with Crippen molar-refractivity contribution in [3.05, 3.63) is 0 Å². The van der Waals surface area contributed by atoms with E-state index in [0.717, 1.165) is 58.2 Å². The third kappa shape index (κ3) is 3.31. The van der Waals surface area contributed by atoms with Gasteiger partial charge in [-0.05, 0) is 51.7 Å². The van der Waals surface area contributed by atoms with Crippen LogP contribution in [0.3, 0.4) is 0 Å². The zero-order valence-corrected chi connectivity index (χ0v) is 11.3. The van der Waals surface area contributed by atoms with Crippen LogP contribution in [0.4, 0.5) is 0 Å². The molecule has 1 unspecified atom stereocenters. The Kier molecular flexibility index (Phi) is 4.75. The minimum Gasteiger partial charge on any atom is -0.359 e. The molecular formula is C14H24N2O2. The van der Waals surface area contributed by atoms with Gasteiger partial charge in [0.2, 0.25) is 5.91 Å². The van der Waals surface area contributed by atoms with Crippen LogP contribution < -0.4 is 5.32 Å². The lowest BCUT2D eigenvalue weighted by Crippen LogP contribution is -2.40. The van der Waals surface area contributed by atoms with Crippen molar-refractivity contribution in [1.29, 1.82) is 0 Å². The van der Waals surface area contributed by atoms with Gasteiger partial charge in [0.1, 0.15) is 5.78 Å². The lowest BCUT2D eigenvalue weighted by molar-refractivity contribution is -0.125. The van der Waals surface area contributed by atoms with Gasteiger partial charge in [-0.3, -0.25) is 9.59 Å². The van der Waals surface area contributed by atoms with Crippen LogP contribution in [0.5, 0.6) is 0 Å². The van der Waals surface area contributed by atoms with Gasteiger partial charge in [0.15, 0.2) is 0 Å². The van der Waals surface area contributed by atoms with Crippen LogP contribution in [0.15, 0.2) is 0 Å². The first-order valence-electron chi connectivity index (χ1n) is 7.17. The molecule has 1 N–H and O–H groups in total. The van der Waals surface area contributed by atoms with Gasteiger partial charge in [-0.2, -0.15) is 0 Å². The topological polar surface area (TPSA) is 49.4 Å². The molecule has 1 aliphatic heterocycles. The summed E-state index contributed by atoms with van der Waals surface area (Å²) in [4.78, 5) is 25.5. The summed E-state index contributed by atoms with van der Waals surface area (Å²) < 4.78 is 0. The average Bonchev–Trinajstić information content (AvgIpc) is 2.81. The number of carbonyl (C=O) groups is 2. The number of hydrogen-bond donors (Lipinski definition) is 1. The van der Waals surface area contributed by atoms with Gasteiger partial charge in [0, 0.05) is 25.3 Å². The molecule has 1 saturated heterocycles. The highest BCUT2D eigenvalue weighted by atomic mass is 16.1. The van der Waals surface area contributed by atoms with Crippen LogP contribution in [0.2, 0.25) is 0 Å². The van der Waals surface area contributed by atoms with E-state index in [4.69, 9.17) is 0 Å². The third-order valence-corrected chi connectivity index (χ3v) is 4.43. The van der Waals surface area contributed by atoms with Gasteiger partial charge in [-0.1, -0.05) is 0 Å². The van der Waals surface area contributed by atoms with Crippen molar-refractivity contribution < 1.29 is 9.59 Å². The van der Waals surface area contributed by atoms with Crippen LogP contribution in [-0.2, 0) is 9.59 Å². The molecule has 4 nitrogen and oxygen atoms in total. The smallest absolute Gasteiger partial charge is 0.222 e. The second-order valence-electron chi connectivity index (χ2n) is 5.57. The lowest BCUT2D eigenvalue weighted by Gasteiger charge is -2.31. The second kappa shape index (κ2) is 6.32. The number of hydrogen-bond acceptors (Lipinski definition) is 3. The molecule has 2 rings (SSSR count). The molecule has 102 valence electrons. The van der Waals surface area contributed by atoms with Crippen molar-refractivity contribution in [2.45, 2.75) is 38.5 Å². The van der Waals surface area contributed by atoms with Crippen LogP contribution in [-0.4, -0.2) is 43.3 Å². The van der Waals surface area contributed by atoms with Crippen molar-refractivity contribution in [3.8, 4) is 0 Å². The summed E-state index contributed by atoms with van der Waals surface area (Å²) in [6.07, 6.45) is 5.90. The Labute approximate surface area is 109 Å². The van der Waals surface area contributed by atoms with Crippen LogP contribution >= 0.6 is 0 Å². The molecule has 1 heterocycles. The fraction of sp³-hybridized carbons (Fsp3) is 0.857. The molecule has 4 heteroatoms. The SMILES string of the molecule is CNC(=O)C1CCN(CCC2CCCC2=O)CC1. The van der Waals surface area contributed by atoms with Gasteiger partial charge in [0.25, 0.3) is 0 Å². The maximum absolute atomic E-state index is 11.6. The first-order chi connectivity index (χ1) is 8.70. The molecule has 1 saturated carbocycles. The monoisotopic (exact) mass is 252 g/mol. The molecule has 0 aromatic carbocycles. The normalized spacial score (nSPS) is 26.5. The summed E-state index contributed by atoms with van der Waals surface area (Å²) in [5.41, 5.74) is 0. The zero-order chi connectivity index (χ0) is 13.0. The van der Waals surface area contributed by atoms with Crippen molar-refractivity contribution >= 4 is 11.7 Å². The molecule has 1 atom stereocenters. The molecule has 0 aromatic heterocycles. The van der Waals surface area contributed by atoms with Gasteiger partial charge < -0.3 is 10.2 Å². The Bertz CT molecular complexity index is 309. The number of Topliss-reactive ketones (excluding diaryl/α,β-unsaturated/α-hetero) is 1. The number of ketones is 1. The molecule has 1 aliphatic carbocycles. The van der Waals surface area contributed by atoms with Gasteiger partial charge in [0.05, 0.1) is 0 Å². The summed E-state index contributed by atoms with van der Waals surface area (Å²) in [6.45, 7) is 3.02. The van der Waals surface area contributed by atoms with E-state index in [1.807, 2.05) is 0 Å². The van der Waals surface area contributed by atoms with E-state index in [1.54, 1.807) is 7.05 Å². The quantitative estimate of drug-likeness (QED) is 0.818. The standard InChI is InChI=1S/C14H24N2O2/c1-15-14(18)12-6-9-16(10-7-12)8-5-11-3-2-4-13(11)17/h11-12H,2-10H2,1H3,(H,15,18). The molecule has 2 fully saturated rings. The molecule has 2 aliphatic rings. The second-order valence-corrected chi connectivity index (χ2v) is 5.57.